The van der Waals surface area contributed by atoms with Gasteiger partial charge >= 0.3 is 5.69 Å². The van der Waals surface area contributed by atoms with Crippen LogP contribution in [0.25, 0.3) is 5.69 Å². The van der Waals surface area contributed by atoms with Gasteiger partial charge in [-0.2, -0.15) is 5.10 Å². The molecular formula is C23H27N5O2. The van der Waals surface area contributed by atoms with E-state index in [0.29, 0.717) is 6.54 Å². The van der Waals surface area contributed by atoms with E-state index in [1.165, 1.54) is 4.68 Å². The molecule has 1 aliphatic rings. The van der Waals surface area contributed by atoms with Gasteiger partial charge in [0, 0.05) is 18.7 Å². The summed E-state index contributed by atoms with van der Waals surface area (Å²) >= 11 is 0. The third kappa shape index (κ3) is 4.21. The number of anilines is 1. The molecule has 1 aromatic heterocycles. The van der Waals surface area contributed by atoms with Crippen LogP contribution < -0.4 is 11.0 Å². The van der Waals surface area contributed by atoms with Gasteiger partial charge in [0.25, 0.3) is 0 Å². The predicted octanol–water partition coefficient (Wildman–Crippen LogP) is 2.70. The third-order valence-corrected chi connectivity index (χ3v) is 5.70. The van der Waals surface area contributed by atoms with E-state index in [-0.39, 0.29) is 17.5 Å². The van der Waals surface area contributed by atoms with Crippen LogP contribution in [0.2, 0.25) is 0 Å². The number of nitrogens with one attached hydrogen (secondary N) is 1. The molecule has 0 aliphatic carbocycles. The zero-order chi connectivity index (χ0) is 21.1. The van der Waals surface area contributed by atoms with Gasteiger partial charge in [0.2, 0.25) is 5.91 Å². The molecule has 4 rings (SSSR count). The summed E-state index contributed by atoms with van der Waals surface area (Å²) < 4.78 is 3.12. The molecule has 3 aromatic rings. The lowest BCUT2D eigenvalue weighted by Crippen LogP contribution is -2.39. The van der Waals surface area contributed by atoms with Gasteiger partial charge in [-0.25, -0.2) is 14.0 Å². The molecule has 1 fully saturated rings. The number of carbonyl (C=O) groups excluding carboxylic acids is 1. The smallest absolute Gasteiger partial charge is 0.325 e. The molecule has 1 amide bonds. The molecule has 0 saturated carbocycles. The first-order chi connectivity index (χ1) is 14.5. The largest absolute Gasteiger partial charge is 0.350 e. The SMILES string of the molecule is Cc1ccccc1NC(=O)CN1CCC(c2nn(C)c(=O)n2-c2ccccc2)CC1. The van der Waals surface area contributed by atoms with Crippen LogP contribution in [0.3, 0.4) is 0 Å². The van der Waals surface area contributed by atoms with E-state index in [4.69, 9.17) is 0 Å². The van der Waals surface area contributed by atoms with Crippen LogP contribution in [0.5, 0.6) is 0 Å². The van der Waals surface area contributed by atoms with Gasteiger partial charge in [0.15, 0.2) is 0 Å². The number of hydrogen-bond acceptors (Lipinski definition) is 4. The van der Waals surface area contributed by atoms with Crippen molar-refractivity contribution in [1.29, 1.82) is 0 Å². The minimum atomic E-state index is -0.128. The van der Waals surface area contributed by atoms with E-state index in [2.05, 4.69) is 15.3 Å². The van der Waals surface area contributed by atoms with Crippen molar-refractivity contribution >= 4 is 11.6 Å². The maximum absolute atomic E-state index is 12.6. The average molecular weight is 406 g/mol. The molecule has 1 saturated heterocycles. The molecule has 7 heteroatoms. The van der Waals surface area contributed by atoms with Crippen LogP contribution >= 0.6 is 0 Å². The minimum absolute atomic E-state index is 0.00165. The Hall–Kier alpha value is -3.19. The maximum atomic E-state index is 12.6. The van der Waals surface area contributed by atoms with E-state index < -0.39 is 0 Å². The highest BCUT2D eigenvalue weighted by molar-refractivity contribution is 5.92. The van der Waals surface area contributed by atoms with Crippen molar-refractivity contribution < 1.29 is 4.79 Å². The van der Waals surface area contributed by atoms with Crippen LogP contribution in [-0.4, -0.2) is 44.8 Å². The lowest BCUT2D eigenvalue weighted by Gasteiger charge is -2.31. The summed E-state index contributed by atoms with van der Waals surface area (Å²) in [5.41, 5.74) is 2.62. The van der Waals surface area contributed by atoms with Gasteiger partial charge in [0.1, 0.15) is 5.82 Å². The summed E-state index contributed by atoms with van der Waals surface area (Å²) in [6.07, 6.45) is 1.72. The number of likely N-dealkylation sites (tertiary alicyclic amines) is 1. The number of nitrogens with zero attached hydrogens (tertiary/aromatic N) is 4. The van der Waals surface area contributed by atoms with E-state index in [0.717, 1.165) is 48.7 Å². The van der Waals surface area contributed by atoms with Crippen molar-refractivity contribution in [2.24, 2.45) is 7.05 Å². The fourth-order valence-corrected chi connectivity index (χ4v) is 4.02. The van der Waals surface area contributed by atoms with Gasteiger partial charge < -0.3 is 5.32 Å². The second-order valence-corrected chi connectivity index (χ2v) is 7.85. The maximum Gasteiger partial charge on any atom is 0.350 e. The van der Waals surface area contributed by atoms with Crippen LogP contribution in [0, 0.1) is 6.92 Å². The number of para-hydroxylation sites is 2. The van der Waals surface area contributed by atoms with Crippen molar-refractivity contribution in [3.8, 4) is 5.69 Å². The summed E-state index contributed by atoms with van der Waals surface area (Å²) in [6, 6.07) is 17.4. The van der Waals surface area contributed by atoms with Gasteiger partial charge in [0.05, 0.1) is 12.2 Å². The van der Waals surface area contributed by atoms with E-state index >= 15 is 0 Å². The van der Waals surface area contributed by atoms with Crippen LogP contribution in [0.4, 0.5) is 5.69 Å². The second-order valence-electron chi connectivity index (χ2n) is 7.85. The highest BCUT2D eigenvalue weighted by Crippen LogP contribution is 2.27. The number of benzene rings is 2. The van der Waals surface area contributed by atoms with E-state index in [9.17, 15) is 9.59 Å². The number of aromatic nitrogens is 3. The summed E-state index contributed by atoms with van der Waals surface area (Å²) in [5.74, 6) is 0.995. The highest BCUT2D eigenvalue weighted by atomic mass is 16.2. The number of aryl methyl sites for hydroxylation is 2. The van der Waals surface area contributed by atoms with Gasteiger partial charge in [-0.3, -0.25) is 9.69 Å². The Morgan fingerprint density at radius 1 is 1.07 bits per heavy atom. The zero-order valence-electron chi connectivity index (χ0n) is 17.4. The van der Waals surface area contributed by atoms with Crippen molar-refractivity contribution in [2.45, 2.75) is 25.7 Å². The van der Waals surface area contributed by atoms with Crippen LogP contribution in [0.15, 0.2) is 59.4 Å². The van der Waals surface area contributed by atoms with Gasteiger partial charge in [-0.15, -0.1) is 0 Å². The number of carbonyl (C=O) groups is 1. The third-order valence-electron chi connectivity index (χ3n) is 5.70. The fraction of sp³-hybridized carbons (Fsp3) is 0.348. The predicted molar refractivity (Wildman–Crippen MR) is 117 cm³/mol. The molecule has 0 unspecified atom stereocenters. The van der Waals surface area contributed by atoms with E-state index in [1.807, 2.05) is 61.5 Å². The number of rotatable bonds is 5. The highest BCUT2D eigenvalue weighted by Gasteiger charge is 2.27. The first-order valence-electron chi connectivity index (χ1n) is 10.3. The Morgan fingerprint density at radius 3 is 2.43 bits per heavy atom. The van der Waals surface area contributed by atoms with Crippen molar-refractivity contribution in [2.75, 3.05) is 25.0 Å². The molecule has 0 spiro atoms. The number of piperidine rings is 1. The Labute approximate surface area is 175 Å². The second kappa shape index (κ2) is 8.67. The average Bonchev–Trinajstić information content (AvgIpc) is 3.05. The Morgan fingerprint density at radius 2 is 1.73 bits per heavy atom. The molecule has 2 heterocycles. The molecule has 1 N–H and O–H groups in total. The first-order valence-corrected chi connectivity index (χ1v) is 10.3. The molecule has 7 nitrogen and oxygen atoms in total. The van der Waals surface area contributed by atoms with Crippen molar-refractivity contribution in [1.82, 2.24) is 19.2 Å². The lowest BCUT2D eigenvalue weighted by atomic mass is 9.95. The molecule has 156 valence electrons. The monoisotopic (exact) mass is 405 g/mol. The Balaban J connectivity index is 1.41. The molecule has 1 aliphatic heterocycles. The Bertz CT molecular complexity index is 1080. The van der Waals surface area contributed by atoms with Gasteiger partial charge in [-0.1, -0.05) is 36.4 Å². The van der Waals surface area contributed by atoms with Gasteiger partial charge in [-0.05, 0) is 56.6 Å². The number of hydrogen-bond donors (Lipinski definition) is 1. The molecule has 2 aromatic carbocycles. The quantitative estimate of drug-likeness (QED) is 0.708. The normalized spacial score (nSPS) is 15.3. The standard InChI is InChI=1S/C23H27N5O2/c1-17-8-6-7-11-20(17)24-21(29)16-27-14-12-18(13-15-27)22-25-26(2)23(30)28(22)19-9-4-3-5-10-19/h3-11,18H,12-16H2,1-2H3,(H,24,29). The van der Waals surface area contributed by atoms with Crippen molar-refractivity contribution in [3.63, 3.8) is 0 Å². The molecule has 0 bridgehead atoms. The molecule has 0 radical (unpaired) electrons. The van der Waals surface area contributed by atoms with Crippen LogP contribution in [0.1, 0.15) is 30.1 Å². The summed E-state index contributed by atoms with van der Waals surface area (Å²) in [7, 11) is 1.69. The molecule has 30 heavy (non-hydrogen) atoms. The number of amides is 1. The fourth-order valence-electron chi connectivity index (χ4n) is 4.02. The first kappa shape index (κ1) is 20.1. The summed E-state index contributed by atoms with van der Waals surface area (Å²) in [6.45, 7) is 3.95. The zero-order valence-corrected chi connectivity index (χ0v) is 17.4. The van der Waals surface area contributed by atoms with Crippen LogP contribution in [-0.2, 0) is 11.8 Å². The lowest BCUT2D eigenvalue weighted by molar-refractivity contribution is -0.117. The summed E-state index contributed by atoms with van der Waals surface area (Å²) in [4.78, 5) is 27.3. The summed E-state index contributed by atoms with van der Waals surface area (Å²) in [5, 5.41) is 7.53. The Kier molecular flexibility index (Phi) is 5.81. The molecule has 0 atom stereocenters. The topological polar surface area (TPSA) is 72.2 Å². The van der Waals surface area contributed by atoms with Crippen molar-refractivity contribution in [3.05, 3.63) is 76.5 Å². The van der Waals surface area contributed by atoms with E-state index in [1.54, 1.807) is 11.6 Å². The molecular weight excluding hydrogens is 378 g/mol. The minimum Gasteiger partial charge on any atom is -0.325 e.